The molecule has 0 unspecified atom stereocenters. The minimum Gasteiger partial charge on any atom is -0.509 e. The molecular formula is C13H12N2O5. The molecule has 1 saturated carbocycles. The van der Waals surface area contributed by atoms with Gasteiger partial charge >= 0.3 is 5.97 Å². The largest absolute Gasteiger partial charge is 0.509 e. The second-order valence-corrected chi connectivity index (χ2v) is 4.92. The molecule has 1 aliphatic heterocycles. The van der Waals surface area contributed by atoms with Crippen molar-refractivity contribution in [1.82, 2.24) is 9.88 Å². The average Bonchev–Trinajstić information content (AvgIpc) is 3.04. The van der Waals surface area contributed by atoms with Crippen LogP contribution in [-0.4, -0.2) is 39.0 Å². The number of nitrogens with zero attached hydrogens (tertiary/aromatic N) is 1. The van der Waals surface area contributed by atoms with Crippen molar-refractivity contribution >= 4 is 17.7 Å². The van der Waals surface area contributed by atoms with Crippen molar-refractivity contribution in [2.75, 3.05) is 6.54 Å². The Labute approximate surface area is 113 Å². The number of allylic oxidation sites excluding steroid dienone is 1. The van der Waals surface area contributed by atoms with Gasteiger partial charge in [0, 0.05) is 6.20 Å². The number of aliphatic hydroxyl groups excluding tert-OH is 1. The van der Waals surface area contributed by atoms with E-state index in [1.165, 1.54) is 0 Å². The first-order chi connectivity index (χ1) is 9.47. The number of Topliss-reactive ketones (excluding diaryl/α,β-unsaturated/α-hetero) is 1. The molecule has 3 rings (SSSR count). The van der Waals surface area contributed by atoms with Crippen molar-refractivity contribution in [1.29, 1.82) is 0 Å². The number of carbonyl (C=O) groups excluding carboxylic acids is 2. The second kappa shape index (κ2) is 3.96. The molecule has 7 nitrogen and oxygen atoms in total. The molecule has 0 aromatic carbocycles. The molecule has 1 fully saturated rings. The van der Waals surface area contributed by atoms with E-state index in [1.807, 2.05) is 0 Å². The Kier molecular flexibility index (Phi) is 2.47. The molecule has 1 aromatic heterocycles. The maximum absolute atomic E-state index is 12.2. The van der Waals surface area contributed by atoms with Gasteiger partial charge in [0.25, 0.3) is 5.91 Å². The summed E-state index contributed by atoms with van der Waals surface area (Å²) in [6.07, 6.45) is 2.98. The van der Waals surface area contributed by atoms with Crippen molar-refractivity contribution in [3.05, 3.63) is 35.4 Å². The second-order valence-electron chi connectivity index (χ2n) is 4.92. The molecule has 1 spiro atoms. The van der Waals surface area contributed by atoms with Crippen molar-refractivity contribution < 1.29 is 24.6 Å². The maximum Gasteiger partial charge on any atom is 0.322 e. The number of aromatic nitrogens is 1. The summed E-state index contributed by atoms with van der Waals surface area (Å²) in [5.41, 5.74) is -0.724. The Morgan fingerprint density at radius 1 is 1.40 bits per heavy atom. The summed E-state index contributed by atoms with van der Waals surface area (Å²) in [7, 11) is 0. The van der Waals surface area contributed by atoms with Crippen molar-refractivity contribution in [3.63, 3.8) is 0 Å². The van der Waals surface area contributed by atoms with Crippen molar-refractivity contribution in [3.8, 4) is 0 Å². The number of aliphatic carboxylic acids is 1. The van der Waals surface area contributed by atoms with Gasteiger partial charge in [0.05, 0.1) is 5.69 Å². The van der Waals surface area contributed by atoms with Gasteiger partial charge in [0.1, 0.15) is 23.4 Å². The Balaban J connectivity index is 2.00. The summed E-state index contributed by atoms with van der Waals surface area (Å²) >= 11 is 0. The third-order valence-electron chi connectivity index (χ3n) is 3.70. The Hall–Kier alpha value is -2.57. The predicted octanol–water partition coefficient (Wildman–Crippen LogP) is 0.186. The molecule has 1 amide bonds. The molecule has 1 aromatic rings. The van der Waals surface area contributed by atoms with Gasteiger partial charge < -0.3 is 20.1 Å². The van der Waals surface area contributed by atoms with Crippen LogP contribution >= 0.6 is 0 Å². The molecule has 1 aliphatic carbocycles. The van der Waals surface area contributed by atoms with Gasteiger partial charge in [-0.15, -0.1) is 0 Å². The molecule has 0 saturated heterocycles. The fraction of sp³-hybridized carbons (Fsp3) is 0.308. The molecule has 0 atom stereocenters. The fourth-order valence-electron chi connectivity index (χ4n) is 2.57. The smallest absolute Gasteiger partial charge is 0.322 e. The fourth-order valence-corrected chi connectivity index (χ4v) is 2.57. The van der Waals surface area contributed by atoms with Crippen LogP contribution in [0.4, 0.5) is 0 Å². The van der Waals surface area contributed by atoms with E-state index in [1.54, 1.807) is 22.9 Å². The number of carbonyl (C=O) groups is 3. The van der Waals surface area contributed by atoms with E-state index < -0.39 is 29.7 Å². The van der Waals surface area contributed by atoms with Gasteiger partial charge in [0.15, 0.2) is 0 Å². The van der Waals surface area contributed by atoms with Gasteiger partial charge in [-0.2, -0.15) is 0 Å². The molecular weight excluding hydrogens is 264 g/mol. The molecule has 3 N–H and O–H groups in total. The van der Waals surface area contributed by atoms with Gasteiger partial charge in [-0.3, -0.25) is 14.4 Å². The number of amides is 1. The van der Waals surface area contributed by atoms with Crippen LogP contribution in [0.5, 0.6) is 0 Å². The Morgan fingerprint density at radius 3 is 2.70 bits per heavy atom. The monoisotopic (exact) mass is 276 g/mol. The van der Waals surface area contributed by atoms with E-state index in [0.717, 1.165) is 0 Å². The lowest BCUT2D eigenvalue weighted by molar-refractivity contribution is -0.137. The minimum atomic E-state index is -1.22. The lowest BCUT2D eigenvalue weighted by Crippen LogP contribution is -2.39. The molecule has 104 valence electrons. The van der Waals surface area contributed by atoms with Crippen molar-refractivity contribution in [2.24, 2.45) is 0 Å². The van der Waals surface area contributed by atoms with Crippen LogP contribution in [0.2, 0.25) is 0 Å². The number of carboxylic acid groups (broad SMARTS) is 1. The number of rotatable bonds is 3. The van der Waals surface area contributed by atoms with Crippen molar-refractivity contribution in [2.45, 2.75) is 18.4 Å². The standard InChI is InChI=1S/C13H12N2O5/c16-8(17)6-14-12(20)9-10(18)7-2-1-5-15(7)13(3-4-13)11(9)19/h1-2,5,19H,3-4,6H2,(H,14,20)(H,16,17). The van der Waals surface area contributed by atoms with Crippen LogP contribution in [0.1, 0.15) is 23.3 Å². The molecule has 20 heavy (non-hydrogen) atoms. The average molecular weight is 276 g/mol. The van der Waals surface area contributed by atoms with E-state index in [-0.39, 0.29) is 11.3 Å². The number of aliphatic hydroxyl groups is 1. The van der Waals surface area contributed by atoms with Crippen LogP contribution in [-0.2, 0) is 15.1 Å². The molecule has 0 bridgehead atoms. The van der Waals surface area contributed by atoms with Gasteiger partial charge in [-0.05, 0) is 25.0 Å². The molecule has 2 aliphatic rings. The molecule has 7 heteroatoms. The van der Waals surface area contributed by atoms with Crippen LogP contribution in [0.25, 0.3) is 0 Å². The first-order valence-electron chi connectivity index (χ1n) is 6.13. The molecule has 2 heterocycles. The Morgan fingerprint density at radius 2 is 2.10 bits per heavy atom. The maximum atomic E-state index is 12.2. The zero-order valence-electron chi connectivity index (χ0n) is 10.4. The normalized spacial score (nSPS) is 18.9. The number of hydrogen-bond acceptors (Lipinski definition) is 4. The highest BCUT2D eigenvalue weighted by Gasteiger charge is 2.55. The first kappa shape index (κ1) is 12.5. The minimum absolute atomic E-state index is 0.269. The lowest BCUT2D eigenvalue weighted by atomic mass is 9.96. The number of ketones is 1. The summed E-state index contributed by atoms with van der Waals surface area (Å²) in [5, 5.41) is 20.9. The quantitative estimate of drug-likeness (QED) is 0.683. The zero-order chi connectivity index (χ0) is 14.5. The lowest BCUT2D eigenvalue weighted by Gasteiger charge is -2.26. The van der Waals surface area contributed by atoms with E-state index in [4.69, 9.17) is 5.11 Å². The van der Waals surface area contributed by atoms with Crippen LogP contribution in [0, 0.1) is 0 Å². The topological polar surface area (TPSA) is 109 Å². The summed E-state index contributed by atoms with van der Waals surface area (Å²) in [6, 6.07) is 3.26. The third-order valence-corrected chi connectivity index (χ3v) is 3.70. The Bertz CT molecular complexity index is 666. The SMILES string of the molecule is O=C(O)CNC(=O)C1=C(O)C2(CC2)n2cccc2C1=O. The highest BCUT2D eigenvalue weighted by atomic mass is 16.4. The number of nitrogens with one attached hydrogen (secondary N) is 1. The van der Waals surface area contributed by atoms with Crippen LogP contribution in [0.15, 0.2) is 29.7 Å². The summed E-state index contributed by atoms with van der Waals surface area (Å²) in [5.74, 6) is -2.93. The number of fused-ring (bicyclic) bond motifs is 2. The zero-order valence-corrected chi connectivity index (χ0v) is 10.4. The third kappa shape index (κ3) is 1.56. The number of carboxylic acids is 1. The summed E-state index contributed by atoms with van der Waals surface area (Å²) in [4.78, 5) is 34.7. The summed E-state index contributed by atoms with van der Waals surface area (Å²) < 4.78 is 1.68. The van der Waals surface area contributed by atoms with E-state index in [2.05, 4.69) is 5.32 Å². The highest BCUT2D eigenvalue weighted by molar-refractivity contribution is 6.26. The van der Waals surface area contributed by atoms with Gasteiger partial charge in [-0.1, -0.05) is 0 Å². The summed E-state index contributed by atoms with van der Waals surface area (Å²) in [6.45, 7) is -0.600. The van der Waals surface area contributed by atoms with Gasteiger partial charge in [-0.25, -0.2) is 0 Å². The first-order valence-corrected chi connectivity index (χ1v) is 6.13. The van der Waals surface area contributed by atoms with Gasteiger partial charge in [0.2, 0.25) is 5.78 Å². The highest BCUT2D eigenvalue weighted by Crippen LogP contribution is 2.52. The van der Waals surface area contributed by atoms with E-state index >= 15 is 0 Å². The predicted molar refractivity (Wildman–Crippen MR) is 66.3 cm³/mol. The van der Waals surface area contributed by atoms with Crippen LogP contribution in [0.3, 0.4) is 0 Å². The molecule has 0 radical (unpaired) electrons. The van der Waals surface area contributed by atoms with E-state index in [0.29, 0.717) is 18.5 Å². The van der Waals surface area contributed by atoms with E-state index in [9.17, 15) is 19.5 Å². The number of hydrogen-bond donors (Lipinski definition) is 3. The van der Waals surface area contributed by atoms with Crippen LogP contribution < -0.4 is 5.32 Å².